The van der Waals surface area contributed by atoms with Crippen molar-refractivity contribution in [2.45, 2.75) is 57.0 Å². The molecule has 3 aromatic carbocycles. The Morgan fingerprint density at radius 1 is 0.961 bits per heavy atom. The van der Waals surface area contributed by atoms with Gasteiger partial charge in [-0.2, -0.15) is 4.31 Å². The first kappa shape index (κ1) is 37.9. The van der Waals surface area contributed by atoms with Crippen LogP contribution in [0.2, 0.25) is 5.02 Å². The van der Waals surface area contributed by atoms with E-state index >= 15 is 0 Å². The van der Waals surface area contributed by atoms with Gasteiger partial charge < -0.3 is 29.7 Å². The number of carbonyl (C=O) groups is 2. The van der Waals surface area contributed by atoms with Gasteiger partial charge in [0.05, 0.1) is 38.0 Å². The second-order valence-corrected chi connectivity index (χ2v) is 15.2. The maximum Gasteiger partial charge on any atom is 0.245 e. The summed E-state index contributed by atoms with van der Waals surface area (Å²) in [5.41, 5.74) is 2.77. The molecule has 0 aromatic heterocycles. The minimum absolute atomic E-state index is 0.129. The number of sulfonamides is 1. The van der Waals surface area contributed by atoms with Crippen LogP contribution in [0.3, 0.4) is 0 Å². The van der Waals surface area contributed by atoms with E-state index in [-0.39, 0.29) is 59.9 Å². The zero-order valence-electron chi connectivity index (χ0n) is 29.7. The van der Waals surface area contributed by atoms with E-state index in [0.29, 0.717) is 52.7 Å². The van der Waals surface area contributed by atoms with Gasteiger partial charge in [0.25, 0.3) is 0 Å². The van der Waals surface area contributed by atoms with Gasteiger partial charge in [0, 0.05) is 43.7 Å². The van der Waals surface area contributed by atoms with Gasteiger partial charge in [-0.25, -0.2) is 8.42 Å². The average molecular weight is 741 g/mol. The summed E-state index contributed by atoms with van der Waals surface area (Å²) < 4.78 is 45.1. The Kier molecular flexibility index (Phi) is 11.8. The van der Waals surface area contributed by atoms with Crippen LogP contribution in [0.4, 0.5) is 5.69 Å². The predicted molar refractivity (Wildman–Crippen MR) is 196 cm³/mol. The third kappa shape index (κ3) is 7.80. The number of fused-ring (bicyclic) bond motifs is 3. The highest BCUT2D eigenvalue weighted by atomic mass is 35.5. The number of hydrogen-bond acceptors (Lipinski definition) is 9. The van der Waals surface area contributed by atoms with Crippen molar-refractivity contribution in [3.63, 3.8) is 0 Å². The van der Waals surface area contributed by atoms with E-state index in [0.717, 1.165) is 11.1 Å². The van der Waals surface area contributed by atoms with Crippen LogP contribution in [0, 0.1) is 5.92 Å². The SMILES string of the molecule is CC[C@H](C)[C@@H](Nc1ccc2c(cc1=O)[C@H](NC(C)=O)CCc1cc(OC)c(OC)c(OC)c1-2)C(=O)N1CCN(S(=O)(=O)c2ccc(Cl)cc2)CC1. The van der Waals surface area contributed by atoms with E-state index < -0.39 is 22.1 Å². The molecule has 0 unspecified atom stereocenters. The van der Waals surface area contributed by atoms with E-state index in [9.17, 15) is 22.8 Å². The van der Waals surface area contributed by atoms with Crippen LogP contribution >= 0.6 is 11.6 Å². The third-order valence-corrected chi connectivity index (χ3v) is 11.9. The highest BCUT2D eigenvalue weighted by Gasteiger charge is 2.35. The standard InChI is InChI=1S/C37H45ClN4O8S/c1-7-22(2)34(37(45)41-16-18-42(19-17-41)51(46,47)26-11-9-25(38)10-12-26)40-30-15-13-27-28(21-31(30)44)29(39-23(3)43)14-8-24-20-32(48-4)35(49-5)36(50-6)33(24)27/h9-13,15,20-22,29,34H,7-8,14,16-19H2,1-6H3,(H,39,43)(H,40,44)/t22-,29+,34+/m0/s1. The summed E-state index contributed by atoms with van der Waals surface area (Å²) in [6.45, 7) is 5.99. The lowest BCUT2D eigenvalue weighted by molar-refractivity contribution is -0.134. The van der Waals surface area contributed by atoms with E-state index in [2.05, 4.69) is 10.6 Å². The fourth-order valence-corrected chi connectivity index (χ4v) is 8.33. The zero-order valence-corrected chi connectivity index (χ0v) is 31.3. The molecule has 2 amide bonds. The molecule has 2 aliphatic rings. The Hall–Kier alpha value is -4.33. The van der Waals surface area contributed by atoms with Crippen LogP contribution in [0.1, 0.15) is 50.8 Å². The number of nitrogens with one attached hydrogen (secondary N) is 2. The molecule has 0 spiro atoms. The van der Waals surface area contributed by atoms with Crippen molar-refractivity contribution >= 4 is 39.1 Å². The summed E-state index contributed by atoms with van der Waals surface area (Å²) in [5, 5.41) is 6.71. The predicted octanol–water partition coefficient (Wildman–Crippen LogP) is 4.88. The highest BCUT2D eigenvalue weighted by Crippen LogP contribution is 2.50. The number of carbonyl (C=O) groups excluding carboxylic acids is 2. The minimum Gasteiger partial charge on any atom is -0.493 e. The van der Waals surface area contributed by atoms with Crippen molar-refractivity contribution in [2.75, 3.05) is 52.8 Å². The summed E-state index contributed by atoms with van der Waals surface area (Å²) in [5.74, 6) is 0.715. The van der Waals surface area contributed by atoms with Crippen molar-refractivity contribution in [1.29, 1.82) is 0 Å². The first-order valence-corrected chi connectivity index (χ1v) is 18.7. The number of hydrogen-bond donors (Lipinski definition) is 2. The first-order valence-electron chi connectivity index (χ1n) is 16.9. The molecule has 1 aliphatic carbocycles. The van der Waals surface area contributed by atoms with Crippen LogP contribution < -0.4 is 30.3 Å². The van der Waals surface area contributed by atoms with Gasteiger partial charge in [0.2, 0.25) is 33.0 Å². The molecule has 1 saturated heterocycles. The van der Waals surface area contributed by atoms with Gasteiger partial charge in [0.15, 0.2) is 11.5 Å². The fourth-order valence-electron chi connectivity index (χ4n) is 6.78. The molecule has 1 aliphatic heterocycles. The number of halogens is 1. The number of aryl methyl sites for hydroxylation is 1. The molecule has 51 heavy (non-hydrogen) atoms. The molecule has 0 bridgehead atoms. The molecular weight excluding hydrogens is 696 g/mol. The maximum atomic E-state index is 14.1. The topological polar surface area (TPSA) is 144 Å². The molecule has 3 atom stereocenters. The first-order chi connectivity index (χ1) is 24.3. The molecule has 274 valence electrons. The molecule has 14 heteroatoms. The number of piperazine rings is 1. The third-order valence-electron chi connectivity index (χ3n) is 9.71. The second-order valence-electron chi connectivity index (χ2n) is 12.8. The fraction of sp³-hybridized carbons (Fsp3) is 0.432. The van der Waals surface area contributed by atoms with Gasteiger partial charge in [-0.05, 0) is 77.9 Å². The minimum atomic E-state index is -3.76. The summed E-state index contributed by atoms with van der Waals surface area (Å²) in [6, 6.07) is 11.6. The average Bonchev–Trinajstić information content (AvgIpc) is 3.37. The smallest absolute Gasteiger partial charge is 0.245 e. The van der Waals surface area contributed by atoms with E-state index in [1.165, 1.54) is 55.8 Å². The number of rotatable bonds is 11. The van der Waals surface area contributed by atoms with Gasteiger partial charge in [-0.15, -0.1) is 0 Å². The highest BCUT2D eigenvalue weighted by molar-refractivity contribution is 7.89. The number of ether oxygens (including phenoxy) is 3. The van der Waals surface area contributed by atoms with Crippen LogP contribution in [0.15, 0.2) is 58.2 Å². The molecule has 2 N–H and O–H groups in total. The summed E-state index contributed by atoms with van der Waals surface area (Å²) in [7, 11) is 0.856. The lowest BCUT2D eigenvalue weighted by Gasteiger charge is -2.37. The molecule has 12 nitrogen and oxygen atoms in total. The Balaban J connectivity index is 1.49. The Morgan fingerprint density at radius 3 is 2.22 bits per heavy atom. The van der Waals surface area contributed by atoms with Crippen molar-refractivity contribution in [3.8, 4) is 28.4 Å². The van der Waals surface area contributed by atoms with Gasteiger partial charge >= 0.3 is 0 Å². The Labute approximate surface area is 304 Å². The van der Waals surface area contributed by atoms with Crippen LogP contribution in [-0.4, -0.2) is 83.0 Å². The lowest BCUT2D eigenvalue weighted by Crippen LogP contribution is -2.55. The van der Waals surface area contributed by atoms with Crippen LogP contribution in [0.25, 0.3) is 11.1 Å². The monoisotopic (exact) mass is 740 g/mol. The number of methoxy groups -OCH3 is 3. The molecule has 5 rings (SSSR count). The molecular formula is C37H45ClN4O8S. The molecule has 1 fully saturated rings. The maximum absolute atomic E-state index is 14.1. The summed E-state index contributed by atoms with van der Waals surface area (Å²) in [6.07, 6.45) is 1.72. The van der Waals surface area contributed by atoms with Gasteiger partial charge in [-0.3, -0.25) is 14.4 Å². The van der Waals surface area contributed by atoms with Gasteiger partial charge in [0.1, 0.15) is 6.04 Å². The van der Waals surface area contributed by atoms with Gasteiger partial charge in [-0.1, -0.05) is 37.9 Å². The number of anilines is 1. The summed E-state index contributed by atoms with van der Waals surface area (Å²) >= 11 is 5.95. The lowest BCUT2D eigenvalue weighted by atomic mass is 9.95. The van der Waals surface area contributed by atoms with E-state index in [1.807, 2.05) is 26.0 Å². The second kappa shape index (κ2) is 15.9. The quantitative estimate of drug-likeness (QED) is 0.281. The summed E-state index contributed by atoms with van der Waals surface area (Å²) in [4.78, 5) is 42.3. The normalized spacial score (nSPS) is 17.2. The number of benzene rings is 2. The number of amides is 2. The zero-order chi connectivity index (χ0) is 37.0. The van der Waals surface area contributed by atoms with Crippen LogP contribution in [-0.2, 0) is 26.0 Å². The van der Waals surface area contributed by atoms with Crippen molar-refractivity contribution < 1.29 is 32.2 Å². The van der Waals surface area contributed by atoms with Crippen molar-refractivity contribution in [1.82, 2.24) is 14.5 Å². The Bertz CT molecular complexity index is 1950. The van der Waals surface area contributed by atoms with Crippen LogP contribution in [0.5, 0.6) is 17.2 Å². The molecule has 0 saturated carbocycles. The number of nitrogens with zero attached hydrogens (tertiary/aromatic N) is 2. The van der Waals surface area contributed by atoms with Crippen molar-refractivity contribution in [2.24, 2.45) is 5.92 Å². The molecule has 0 radical (unpaired) electrons. The van der Waals surface area contributed by atoms with E-state index in [1.54, 1.807) is 18.1 Å². The van der Waals surface area contributed by atoms with E-state index in [4.69, 9.17) is 25.8 Å². The van der Waals surface area contributed by atoms with Crippen molar-refractivity contribution in [3.05, 3.63) is 74.9 Å². The Morgan fingerprint density at radius 2 is 1.63 bits per heavy atom. The molecule has 1 heterocycles. The largest absolute Gasteiger partial charge is 0.493 e. The molecule has 3 aromatic rings.